The van der Waals surface area contributed by atoms with Crippen LogP contribution in [0.25, 0.3) is 10.4 Å². The summed E-state index contributed by atoms with van der Waals surface area (Å²) in [5.74, 6) is 0. The molecule has 3 heterocycles. The summed E-state index contributed by atoms with van der Waals surface area (Å²) < 4.78 is 3.31. The Labute approximate surface area is 113 Å². The highest BCUT2D eigenvalue weighted by Gasteiger charge is 2.21. The maximum absolute atomic E-state index is 5.82. The molecule has 0 saturated carbocycles. The minimum atomic E-state index is 0.519. The third-order valence-corrected chi connectivity index (χ3v) is 4.82. The first kappa shape index (κ1) is 11.4. The van der Waals surface area contributed by atoms with Crippen LogP contribution in [0, 0.1) is 0 Å². The first-order chi connectivity index (χ1) is 8.29. The van der Waals surface area contributed by atoms with E-state index in [-0.39, 0.29) is 0 Å². The van der Waals surface area contributed by atoms with Crippen molar-refractivity contribution in [2.45, 2.75) is 32.4 Å². The van der Waals surface area contributed by atoms with Gasteiger partial charge in [-0.3, -0.25) is 4.68 Å². The van der Waals surface area contributed by atoms with Crippen LogP contribution in [0.15, 0.2) is 15.9 Å². The Morgan fingerprint density at radius 2 is 2.29 bits per heavy atom. The minimum absolute atomic E-state index is 0.519. The molecule has 5 heteroatoms. The number of nitrogens with two attached hydrogens (primary N) is 1. The van der Waals surface area contributed by atoms with Gasteiger partial charge in [0, 0.05) is 29.2 Å². The number of thiophene rings is 1. The second-order valence-corrected chi connectivity index (χ2v) is 6.72. The van der Waals surface area contributed by atoms with Gasteiger partial charge in [0.15, 0.2) is 0 Å². The Bertz CT molecular complexity index is 544. The average molecular weight is 312 g/mol. The summed E-state index contributed by atoms with van der Waals surface area (Å²) in [7, 11) is 0. The van der Waals surface area contributed by atoms with Crippen molar-refractivity contribution in [3.05, 3.63) is 27.3 Å². The van der Waals surface area contributed by atoms with Crippen molar-refractivity contribution in [1.29, 1.82) is 0 Å². The molecule has 2 aromatic heterocycles. The number of rotatable bonds is 2. The van der Waals surface area contributed by atoms with E-state index in [1.54, 1.807) is 11.3 Å². The van der Waals surface area contributed by atoms with Gasteiger partial charge >= 0.3 is 0 Å². The van der Waals surface area contributed by atoms with E-state index >= 15 is 0 Å². The molecule has 1 aliphatic heterocycles. The van der Waals surface area contributed by atoms with E-state index < -0.39 is 0 Å². The van der Waals surface area contributed by atoms with Crippen LogP contribution < -0.4 is 5.73 Å². The molecular formula is C12H14BrN3S. The summed E-state index contributed by atoms with van der Waals surface area (Å²) in [5, 5.41) is 4.64. The molecule has 0 unspecified atom stereocenters. The smallest absolute Gasteiger partial charge is 0.0849 e. The highest BCUT2D eigenvalue weighted by Crippen LogP contribution is 2.37. The minimum Gasteiger partial charge on any atom is -0.325 e. The molecule has 0 radical (unpaired) electrons. The average Bonchev–Trinajstić information content (AvgIpc) is 2.91. The fourth-order valence-electron chi connectivity index (χ4n) is 2.42. The van der Waals surface area contributed by atoms with Crippen molar-refractivity contribution < 1.29 is 0 Å². The molecule has 2 N–H and O–H groups in total. The maximum Gasteiger partial charge on any atom is 0.0849 e. The van der Waals surface area contributed by atoms with Crippen molar-refractivity contribution in [3.63, 3.8) is 0 Å². The van der Waals surface area contributed by atoms with Gasteiger partial charge in [-0.25, -0.2) is 0 Å². The Morgan fingerprint density at radius 1 is 1.41 bits per heavy atom. The normalized spacial score (nSPS) is 14.9. The summed E-state index contributed by atoms with van der Waals surface area (Å²) in [5.41, 5.74) is 9.51. The number of hydrogen-bond acceptors (Lipinski definition) is 3. The van der Waals surface area contributed by atoms with Crippen LogP contribution in [0.2, 0.25) is 0 Å². The standard InChI is InChI=1S/C12H14BrN3S/c13-11-5-4-10(17-11)12-8(7-14)15-16-6-2-1-3-9(12)16/h4-5H,1-3,6-7,14H2. The molecule has 0 saturated heterocycles. The van der Waals surface area contributed by atoms with Crippen LogP contribution in [-0.4, -0.2) is 9.78 Å². The van der Waals surface area contributed by atoms with Gasteiger partial charge < -0.3 is 5.73 Å². The summed E-state index contributed by atoms with van der Waals surface area (Å²) in [6.45, 7) is 1.56. The molecule has 3 rings (SSSR count). The zero-order valence-corrected chi connectivity index (χ0v) is 11.9. The quantitative estimate of drug-likeness (QED) is 0.925. The van der Waals surface area contributed by atoms with Gasteiger partial charge in [-0.05, 0) is 47.3 Å². The number of nitrogens with zero attached hydrogens (tertiary/aromatic N) is 2. The molecule has 0 bridgehead atoms. The highest BCUT2D eigenvalue weighted by molar-refractivity contribution is 9.11. The van der Waals surface area contributed by atoms with Crippen LogP contribution in [-0.2, 0) is 19.5 Å². The first-order valence-corrected chi connectivity index (χ1v) is 7.45. The van der Waals surface area contributed by atoms with Gasteiger partial charge in [0.1, 0.15) is 0 Å². The van der Waals surface area contributed by atoms with Gasteiger partial charge in [0.25, 0.3) is 0 Å². The lowest BCUT2D eigenvalue weighted by Crippen LogP contribution is -2.11. The zero-order chi connectivity index (χ0) is 11.8. The van der Waals surface area contributed by atoms with Crippen molar-refractivity contribution >= 4 is 27.3 Å². The van der Waals surface area contributed by atoms with Gasteiger partial charge in [-0.15, -0.1) is 11.3 Å². The second-order valence-electron chi connectivity index (χ2n) is 4.26. The van der Waals surface area contributed by atoms with Gasteiger partial charge in [0.05, 0.1) is 9.48 Å². The van der Waals surface area contributed by atoms with Crippen molar-refractivity contribution in [2.75, 3.05) is 0 Å². The molecule has 0 spiro atoms. The monoisotopic (exact) mass is 311 g/mol. The molecule has 0 atom stereocenters. The molecule has 1 aliphatic rings. The predicted octanol–water partition coefficient (Wildman–Crippen LogP) is 3.17. The first-order valence-electron chi connectivity index (χ1n) is 5.84. The number of fused-ring (bicyclic) bond motifs is 1. The molecule has 3 nitrogen and oxygen atoms in total. The van der Waals surface area contributed by atoms with Crippen LogP contribution in [0.4, 0.5) is 0 Å². The van der Waals surface area contributed by atoms with E-state index in [0.717, 1.165) is 22.4 Å². The van der Waals surface area contributed by atoms with Crippen LogP contribution in [0.1, 0.15) is 24.2 Å². The Balaban J connectivity index is 2.16. The molecule has 90 valence electrons. The van der Waals surface area contributed by atoms with E-state index in [2.05, 4.69) is 37.8 Å². The van der Waals surface area contributed by atoms with Gasteiger partial charge in [-0.2, -0.15) is 5.10 Å². The summed E-state index contributed by atoms with van der Waals surface area (Å²) in [4.78, 5) is 1.28. The molecule has 0 amide bonds. The van der Waals surface area contributed by atoms with Crippen molar-refractivity contribution in [1.82, 2.24) is 9.78 Å². The van der Waals surface area contributed by atoms with Crippen LogP contribution in [0.5, 0.6) is 0 Å². The molecular weight excluding hydrogens is 298 g/mol. The highest BCUT2D eigenvalue weighted by atomic mass is 79.9. The van der Waals surface area contributed by atoms with E-state index in [1.807, 2.05) is 0 Å². The number of aromatic nitrogens is 2. The number of aryl methyl sites for hydroxylation is 1. The molecule has 2 aromatic rings. The van der Waals surface area contributed by atoms with E-state index in [0.29, 0.717) is 6.54 Å². The summed E-state index contributed by atoms with van der Waals surface area (Å²) in [6, 6.07) is 4.24. The molecule has 0 aliphatic carbocycles. The van der Waals surface area contributed by atoms with Crippen LogP contribution in [0.3, 0.4) is 0 Å². The SMILES string of the molecule is NCc1nn2c(c1-c1ccc(Br)s1)CCCC2. The van der Waals surface area contributed by atoms with Gasteiger partial charge in [-0.1, -0.05) is 0 Å². The Morgan fingerprint density at radius 3 is 3.00 bits per heavy atom. The zero-order valence-electron chi connectivity index (χ0n) is 9.45. The Kier molecular flexibility index (Phi) is 3.06. The summed E-state index contributed by atoms with van der Waals surface area (Å²) in [6.07, 6.45) is 3.61. The topological polar surface area (TPSA) is 43.8 Å². The number of halogens is 1. The van der Waals surface area contributed by atoms with Crippen LogP contribution >= 0.6 is 27.3 Å². The lowest BCUT2D eigenvalue weighted by atomic mass is 10.0. The van der Waals surface area contributed by atoms with Crippen molar-refractivity contribution in [3.8, 4) is 10.4 Å². The van der Waals surface area contributed by atoms with E-state index in [9.17, 15) is 0 Å². The molecule has 0 aromatic carbocycles. The van der Waals surface area contributed by atoms with E-state index in [4.69, 9.17) is 5.73 Å². The van der Waals surface area contributed by atoms with E-state index in [1.165, 1.54) is 29.0 Å². The number of hydrogen-bond donors (Lipinski definition) is 1. The molecule has 0 fully saturated rings. The largest absolute Gasteiger partial charge is 0.325 e. The maximum atomic E-state index is 5.82. The van der Waals surface area contributed by atoms with Gasteiger partial charge in [0.2, 0.25) is 0 Å². The summed E-state index contributed by atoms with van der Waals surface area (Å²) >= 11 is 5.28. The predicted molar refractivity (Wildman–Crippen MR) is 74.1 cm³/mol. The lowest BCUT2D eigenvalue weighted by molar-refractivity contribution is 0.484. The fraction of sp³-hybridized carbons (Fsp3) is 0.417. The third-order valence-electron chi connectivity index (χ3n) is 3.18. The third kappa shape index (κ3) is 1.96. The second kappa shape index (κ2) is 4.55. The fourth-order valence-corrected chi connectivity index (χ4v) is 3.90. The van der Waals surface area contributed by atoms with Crippen molar-refractivity contribution in [2.24, 2.45) is 5.73 Å². The molecule has 17 heavy (non-hydrogen) atoms. The Hall–Kier alpha value is -0.650. The lowest BCUT2D eigenvalue weighted by Gasteiger charge is -2.14.